The Bertz CT molecular complexity index is 987. The highest BCUT2D eigenvalue weighted by Crippen LogP contribution is 2.43. The third-order valence-corrected chi connectivity index (χ3v) is 4.38. The zero-order chi connectivity index (χ0) is 20.1. The summed E-state index contributed by atoms with van der Waals surface area (Å²) >= 11 is 0. The van der Waals surface area contributed by atoms with Crippen LogP contribution >= 0.6 is 0 Å². The van der Waals surface area contributed by atoms with Gasteiger partial charge < -0.3 is 19.9 Å². The minimum Gasteiger partial charge on any atom is -0.497 e. The number of esters is 1. The number of hydrogen-bond acceptors (Lipinski definition) is 6. The van der Waals surface area contributed by atoms with Crippen LogP contribution < -0.4 is 10.5 Å². The fourth-order valence-electron chi connectivity index (χ4n) is 3.14. The summed E-state index contributed by atoms with van der Waals surface area (Å²) < 4.78 is 16.3. The first-order valence-corrected chi connectivity index (χ1v) is 8.79. The molecule has 0 saturated carbocycles. The Labute approximate surface area is 163 Å². The van der Waals surface area contributed by atoms with Gasteiger partial charge in [-0.25, -0.2) is 4.79 Å². The third kappa shape index (κ3) is 3.55. The first kappa shape index (κ1) is 19.1. The highest BCUT2D eigenvalue weighted by atomic mass is 16.5. The molecule has 1 heterocycles. The van der Waals surface area contributed by atoms with E-state index in [1.165, 1.54) is 0 Å². The summed E-state index contributed by atoms with van der Waals surface area (Å²) in [4.78, 5) is 12.9. The molecule has 2 aromatic carbocycles. The normalized spacial score (nSPS) is 16.2. The molecule has 2 aromatic rings. The SMILES string of the molecule is CCOC(=O)C1=C(c2ccccc2)OC(N)=C(C#N)C1c1cccc(OC)c1. The average Bonchev–Trinajstić information content (AvgIpc) is 2.73. The fourth-order valence-corrected chi connectivity index (χ4v) is 3.14. The van der Waals surface area contributed by atoms with Crippen LogP contribution in [0.3, 0.4) is 0 Å². The first-order valence-electron chi connectivity index (χ1n) is 8.79. The Hall–Kier alpha value is -3.72. The molecule has 1 aliphatic rings. The van der Waals surface area contributed by atoms with Crippen LogP contribution in [0.2, 0.25) is 0 Å². The molecule has 0 saturated heterocycles. The molecule has 0 amide bonds. The van der Waals surface area contributed by atoms with Gasteiger partial charge in [0.25, 0.3) is 0 Å². The summed E-state index contributed by atoms with van der Waals surface area (Å²) in [5, 5.41) is 9.73. The van der Waals surface area contributed by atoms with E-state index in [2.05, 4.69) is 6.07 Å². The van der Waals surface area contributed by atoms with E-state index in [9.17, 15) is 10.1 Å². The van der Waals surface area contributed by atoms with Gasteiger partial charge in [0.1, 0.15) is 23.2 Å². The summed E-state index contributed by atoms with van der Waals surface area (Å²) in [5.74, 6) is -0.451. The number of carbonyl (C=O) groups is 1. The standard InChI is InChI=1S/C22H20N2O4/c1-3-27-22(25)19-18(15-10-7-11-16(12-15)26-2)17(13-23)21(24)28-20(19)14-8-5-4-6-9-14/h4-12,18H,3,24H2,1-2H3. The predicted octanol–water partition coefficient (Wildman–Crippen LogP) is 3.48. The van der Waals surface area contributed by atoms with Crippen LogP contribution in [0.1, 0.15) is 24.0 Å². The van der Waals surface area contributed by atoms with Crippen LogP contribution in [-0.4, -0.2) is 19.7 Å². The summed E-state index contributed by atoms with van der Waals surface area (Å²) in [7, 11) is 1.55. The molecule has 28 heavy (non-hydrogen) atoms. The molecule has 0 bridgehead atoms. The maximum atomic E-state index is 12.9. The number of nitriles is 1. The fraction of sp³-hybridized carbons (Fsp3) is 0.182. The van der Waals surface area contributed by atoms with Gasteiger partial charge in [-0.3, -0.25) is 0 Å². The van der Waals surface area contributed by atoms with Gasteiger partial charge in [-0.05, 0) is 24.6 Å². The number of ether oxygens (including phenoxy) is 3. The third-order valence-electron chi connectivity index (χ3n) is 4.38. The van der Waals surface area contributed by atoms with E-state index < -0.39 is 11.9 Å². The van der Waals surface area contributed by atoms with Crippen molar-refractivity contribution in [1.29, 1.82) is 5.26 Å². The monoisotopic (exact) mass is 376 g/mol. The molecule has 142 valence electrons. The van der Waals surface area contributed by atoms with Crippen molar-refractivity contribution in [3.05, 3.63) is 82.8 Å². The van der Waals surface area contributed by atoms with Crippen LogP contribution in [-0.2, 0) is 14.3 Å². The van der Waals surface area contributed by atoms with Gasteiger partial charge in [0.2, 0.25) is 5.88 Å². The highest BCUT2D eigenvalue weighted by molar-refractivity contribution is 5.99. The maximum Gasteiger partial charge on any atom is 0.338 e. The number of nitrogens with zero attached hydrogens (tertiary/aromatic N) is 1. The van der Waals surface area contributed by atoms with Gasteiger partial charge in [-0.2, -0.15) is 5.26 Å². The van der Waals surface area contributed by atoms with Gasteiger partial charge in [0, 0.05) is 5.56 Å². The minimum absolute atomic E-state index is 0.0396. The highest BCUT2D eigenvalue weighted by Gasteiger charge is 2.38. The average molecular weight is 376 g/mol. The second-order valence-corrected chi connectivity index (χ2v) is 6.03. The number of rotatable bonds is 5. The van der Waals surface area contributed by atoms with Gasteiger partial charge in [0.05, 0.1) is 25.2 Å². The van der Waals surface area contributed by atoms with Crippen LogP contribution in [0.4, 0.5) is 0 Å². The Balaban J connectivity index is 2.28. The van der Waals surface area contributed by atoms with Crippen molar-refractivity contribution >= 4 is 11.7 Å². The Morgan fingerprint density at radius 1 is 1.21 bits per heavy atom. The Kier molecular flexibility index (Phi) is 5.66. The number of hydrogen-bond donors (Lipinski definition) is 1. The molecule has 0 spiro atoms. The van der Waals surface area contributed by atoms with E-state index in [4.69, 9.17) is 19.9 Å². The van der Waals surface area contributed by atoms with Crippen LogP contribution in [0.25, 0.3) is 5.76 Å². The molecule has 0 aliphatic carbocycles. The molecular formula is C22H20N2O4. The molecule has 1 unspecified atom stereocenters. The smallest absolute Gasteiger partial charge is 0.338 e. The van der Waals surface area contributed by atoms with Crippen molar-refractivity contribution in [2.45, 2.75) is 12.8 Å². The lowest BCUT2D eigenvalue weighted by atomic mass is 9.82. The summed E-state index contributed by atoms with van der Waals surface area (Å²) in [6.07, 6.45) is 0. The van der Waals surface area contributed by atoms with E-state index in [0.717, 1.165) is 0 Å². The number of nitrogens with two attached hydrogens (primary N) is 1. The Morgan fingerprint density at radius 3 is 2.61 bits per heavy atom. The number of methoxy groups -OCH3 is 1. The zero-order valence-electron chi connectivity index (χ0n) is 15.6. The molecule has 3 rings (SSSR count). The van der Waals surface area contributed by atoms with Crippen molar-refractivity contribution in [2.24, 2.45) is 5.73 Å². The summed E-state index contributed by atoms with van der Waals surface area (Å²) in [6.45, 7) is 1.91. The number of benzene rings is 2. The molecule has 6 heteroatoms. The molecule has 0 fully saturated rings. The number of allylic oxidation sites excluding steroid dienone is 1. The van der Waals surface area contributed by atoms with Gasteiger partial charge >= 0.3 is 5.97 Å². The van der Waals surface area contributed by atoms with Gasteiger partial charge in [-0.15, -0.1) is 0 Å². The summed E-state index contributed by atoms with van der Waals surface area (Å²) in [5.41, 5.74) is 7.79. The lowest BCUT2D eigenvalue weighted by Crippen LogP contribution is -2.25. The lowest BCUT2D eigenvalue weighted by molar-refractivity contribution is -0.138. The molecule has 1 atom stereocenters. The molecule has 2 N–H and O–H groups in total. The van der Waals surface area contributed by atoms with E-state index in [-0.39, 0.29) is 29.4 Å². The van der Waals surface area contributed by atoms with Crippen molar-refractivity contribution in [3.63, 3.8) is 0 Å². The van der Waals surface area contributed by atoms with Crippen LogP contribution in [0.5, 0.6) is 5.75 Å². The van der Waals surface area contributed by atoms with Crippen LogP contribution in [0.15, 0.2) is 71.6 Å². The van der Waals surface area contributed by atoms with Crippen molar-refractivity contribution in [1.82, 2.24) is 0 Å². The molecule has 1 aliphatic heterocycles. The van der Waals surface area contributed by atoms with E-state index in [1.54, 1.807) is 32.2 Å². The first-order chi connectivity index (χ1) is 13.6. The molecular weight excluding hydrogens is 356 g/mol. The Morgan fingerprint density at radius 2 is 1.96 bits per heavy atom. The van der Waals surface area contributed by atoms with Crippen molar-refractivity contribution in [3.8, 4) is 11.8 Å². The zero-order valence-corrected chi connectivity index (χ0v) is 15.6. The minimum atomic E-state index is -0.733. The summed E-state index contributed by atoms with van der Waals surface area (Å²) in [6, 6.07) is 18.4. The molecule has 0 aromatic heterocycles. The topological polar surface area (TPSA) is 94.6 Å². The van der Waals surface area contributed by atoms with E-state index >= 15 is 0 Å². The van der Waals surface area contributed by atoms with Crippen LogP contribution in [0, 0.1) is 11.3 Å². The maximum absolute atomic E-state index is 12.9. The van der Waals surface area contributed by atoms with Gasteiger partial charge in [0.15, 0.2) is 0 Å². The lowest BCUT2D eigenvalue weighted by Gasteiger charge is -2.28. The second kappa shape index (κ2) is 8.31. The predicted molar refractivity (Wildman–Crippen MR) is 104 cm³/mol. The molecule has 0 radical (unpaired) electrons. The number of carbonyl (C=O) groups excluding carboxylic acids is 1. The van der Waals surface area contributed by atoms with Gasteiger partial charge in [-0.1, -0.05) is 42.5 Å². The quantitative estimate of drug-likeness (QED) is 0.803. The largest absolute Gasteiger partial charge is 0.497 e. The van der Waals surface area contributed by atoms with Crippen molar-refractivity contribution in [2.75, 3.05) is 13.7 Å². The van der Waals surface area contributed by atoms with E-state index in [0.29, 0.717) is 16.9 Å². The van der Waals surface area contributed by atoms with Crippen molar-refractivity contribution < 1.29 is 19.0 Å². The second-order valence-electron chi connectivity index (χ2n) is 6.03. The van der Waals surface area contributed by atoms with E-state index in [1.807, 2.05) is 36.4 Å². The molecule has 6 nitrogen and oxygen atoms in total.